The molecule has 0 heterocycles. The molecule has 6 nitrogen and oxygen atoms in total. The average molecular weight is 338 g/mol. The molecule has 0 aromatic heterocycles. The monoisotopic (exact) mass is 338 g/mol. The van der Waals surface area contributed by atoms with Crippen LogP contribution in [0.25, 0.3) is 0 Å². The largest absolute Gasteiger partial charge is 0.496 e. The van der Waals surface area contributed by atoms with E-state index in [2.05, 4.69) is 16.1 Å². The SMILES string of the molecule is CNC(=O)c1cc(S(=O)(=O)NCC2=CCCCC2)ccc1OC. The zero-order valence-electron chi connectivity index (χ0n) is 13.4. The van der Waals surface area contributed by atoms with Gasteiger partial charge in [0.25, 0.3) is 5.91 Å². The van der Waals surface area contributed by atoms with E-state index in [1.807, 2.05) is 0 Å². The highest BCUT2D eigenvalue weighted by Gasteiger charge is 2.19. The third kappa shape index (κ3) is 4.33. The molecule has 1 aliphatic carbocycles. The van der Waals surface area contributed by atoms with Gasteiger partial charge in [-0.1, -0.05) is 11.6 Å². The van der Waals surface area contributed by atoms with Gasteiger partial charge in [-0.2, -0.15) is 0 Å². The summed E-state index contributed by atoms with van der Waals surface area (Å²) in [6, 6.07) is 4.25. The van der Waals surface area contributed by atoms with E-state index in [0.29, 0.717) is 12.3 Å². The summed E-state index contributed by atoms with van der Waals surface area (Å²) in [6.07, 6.45) is 6.27. The van der Waals surface area contributed by atoms with Crippen LogP contribution in [0.15, 0.2) is 34.7 Å². The molecule has 0 atom stereocenters. The van der Waals surface area contributed by atoms with Crippen molar-refractivity contribution in [3.8, 4) is 5.75 Å². The fourth-order valence-electron chi connectivity index (χ4n) is 2.50. The van der Waals surface area contributed by atoms with Crippen molar-refractivity contribution in [2.45, 2.75) is 30.6 Å². The van der Waals surface area contributed by atoms with E-state index in [9.17, 15) is 13.2 Å². The Morgan fingerprint density at radius 3 is 2.70 bits per heavy atom. The van der Waals surface area contributed by atoms with E-state index in [-0.39, 0.29) is 10.5 Å². The Morgan fingerprint density at radius 2 is 2.09 bits per heavy atom. The van der Waals surface area contributed by atoms with Crippen molar-refractivity contribution in [3.63, 3.8) is 0 Å². The van der Waals surface area contributed by atoms with Crippen molar-refractivity contribution in [2.24, 2.45) is 0 Å². The second-order valence-electron chi connectivity index (χ2n) is 5.37. The van der Waals surface area contributed by atoms with Crippen molar-refractivity contribution in [2.75, 3.05) is 20.7 Å². The van der Waals surface area contributed by atoms with Gasteiger partial charge in [-0.25, -0.2) is 13.1 Å². The molecule has 2 rings (SSSR count). The van der Waals surface area contributed by atoms with Crippen LogP contribution in [0.3, 0.4) is 0 Å². The Morgan fingerprint density at radius 1 is 1.30 bits per heavy atom. The van der Waals surface area contributed by atoms with Crippen molar-refractivity contribution < 1.29 is 17.9 Å². The number of hydrogen-bond acceptors (Lipinski definition) is 4. The normalized spacial score (nSPS) is 15.0. The molecule has 0 radical (unpaired) electrons. The van der Waals surface area contributed by atoms with Gasteiger partial charge in [-0.3, -0.25) is 4.79 Å². The number of nitrogens with one attached hydrogen (secondary N) is 2. The lowest BCUT2D eigenvalue weighted by molar-refractivity contribution is 0.0960. The van der Waals surface area contributed by atoms with Crippen molar-refractivity contribution in [1.29, 1.82) is 0 Å². The smallest absolute Gasteiger partial charge is 0.254 e. The summed E-state index contributed by atoms with van der Waals surface area (Å²) in [5.74, 6) is -0.0628. The van der Waals surface area contributed by atoms with Gasteiger partial charge >= 0.3 is 0 Å². The highest BCUT2D eigenvalue weighted by molar-refractivity contribution is 7.89. The Kier molecular flexibility index (Phi) is 5.79. The Bertz CT molecular complexity index is 711. The molecule has 0 saturated heterocycles. The van der Waals surface area contributed by atoms with Crippen molar-refractivity contribution >= 4 is 15.9 Å². The van der Waals surface area contributed by atoms with E-state index in [1.165, 1.54) is 32.4 Å². The van der Waals surface area contributed by atoms with Gasteiger partial charge in [-0.15, -0.1) is 0 Å². The quantitative estimate of drug-likeness (QED) is 0.775. The summed E-state index contributed by atoms with van der Waals surface area (Å²) in [4.78, 5) is 11.9. The maximum Gasteiger partial charge on any atom is 0.254 e. The molecule has 1 aromatic carbocycles. The average Bonchev–Trinajstić information content (AvgIpc) is 2.59. The lowest BCUT2D eigenvalue weighted by Crippen LogP contribution is -2.27. The number of ether oxygens (including phenoxy) is 1. The molecule has 126 valence electrons. The first-order valence-electron chi connectivity index (χ1n) is 7.55. The third-order valence-electron chi connectivity index (χ3n) is 3.83. The molecule has 2 N–H and O–H groups in total. The number of allylic oxidation sites excluding steroid dienone is 1. The number of benzene rings is 1. The summed E-state index contributed by atoms with van der Waals surface area (Å²) in [7, 11) is -0.758. The van der Waals surface area contributed by atoms with Crippen LogP contribution in [-0.4, -0.2) is 35.0 Å². The van der Waals surface area contributed by atoms with E-state index in [4.69, 9.17) is 4.74 Å². The molecule has 23 heavy (non-hydrogen) atoms. The van der Waals surface area contributed by atoms with Gasteiger partial charge in [0.15, 0.2) is 0 Å². The van der Waals surface area contributed by atoms with Crippen LogP contribution >= 0.6 is 0 Å². The van der Waals surface area contributed by atoms with Crippen LogP contribution in [0.2, 0.25) is 0 Å². The van der Waals surface area contributed by atoms with Crippen molar-refractivity contribution in [3.05, 3.63) is 35.4 Å². The van der Waals surface area contributed by atoms with E-state index in [0.717, 1.165) is 31.3 Å². The molecule has 7 heteroatoms. The Hall–Kier alpha value is -1.86. The van der Waals surface area contributed by atoms with Gasteiger partial charge < -0.3 is 10.1 Å². The van der Waals surface area contributed by atoms with Gasteiger partial charge in [-0.05, 0) is 43.9 Å². The van der Waals surface area contributed by atoms with Crippen LogP contribution in [0.5, 0.6) is 5.75 Å². The van der Waals surface area contributed by atoms with Crippen LogP contribution in [0.1, 0.15) is 36.0 Å². The minimum Gasteiger partial charge on any atom is -0.496 e. The minimum absolute atomic E-state index is 0.0494. The molecular weight excluding hydrogens is 316 g/mol. The molecule has 1 amide bonds. The highest BCUT2D eigenvalue weighted by atomic mass is 32.2. The molecule has 0 aliphatic heterocycles. The second-order valence-corrected chi connectivity index (χ2v) is 7.14. The molecular formula is C16H22N2O4S. The van der Waals surface area contributed by atoms with Crippen molar-refractivity contribution in [1.82, 2.24) is 10.0 Å². The summed E-state index contributed by atoms with van der Waals surface area (Å²) in [5, 5.41) is 2.48. The molecule has 0 spiro atoms. The molecule has 0 bridgehead atoms. The minimum atomic E-state index is -3.68. The van der Waals surface area contributed by atoms with Crippen LogP contribution in [0, 0.1) is 0 Å². The topological polar surface area (TPSA) is 84.5 Å². The lowest BCUT2D eigenvalue weighted by atomic mass is 10.0. The predicted octanol–water partition coefficient (Wildman–Crippen LogP) is 1.83. The molecule has 1 aliphatic rings. The number of rotatable bonds is 6. The fraction of sp³-hybridized carbons (Fsp3) is 0.438. The number of carbonyl (C=O) groups excluding carboxylic acids is 1. The first kappa shape index (κ1) is 17.5. The molecule has 0 unspecified atom stereocenters. The van der Waals surface area contributed by atoms with Gasteiger partial charge in [0.1, 0.15) is 5.75 Å². The Labute approximate surface area is 137 Å². The van der Waals surface area contributed by atoms with Crippen LogP contribution in [0.4, 0.5) is 0 Å². The van der Waals surface area contributed by atoms with E-state index in [1.54, 1.807) is 0 Å². The highest BCUT2D eigenvalue weighted by Crippen LogP contribution is 2.23. The first-order valence-corrected chi connectivity index (χ1v) is 9.04. The summed E-state index contributed by atoms with van der Waals surface area (Å²) in [5.41, 5.74) is 1.30. The molecule has 1 aromatic rings. The number of amides is 1. The summed E-state index contributed by atoms with van der Waals surface area (Å²) >= 11 is 0. The van der Waals surface area contributed by atoms with E-state index < -0.39 is 15.9 Å². The van der Waals surface area contributed by atoms with Gasteiger partial charge in [0.05, 0.1) is 17.6 Å². The number of carbonyl (C=O) groups is 1. The second kappa shape index (κ2) is 7.61. The standard InChI is InChI=1S/C16H22N2O4S/c1-17-16(19)14-10-13(8-9-15(14)22-2)23(20,21)18-11-12-6-4-3-5-7-12/h6,8-10,18H,3-5,7,11H2,1-2H3,(H,17,19). The maximum absolute atomic E-state index is 12.4. The van der Waals surface area contributed by atoms with Gasteiger partial charge in [0, 0.05) is 13.6 Å². The zero-order valence-corrected chi connectivity index (χ0v) is 14.2. The third-order valence-corrected chi connectivity index (χ3v) is 5.23. The maximum atomic E-state index is 12.4. The van der Waals surface area contributed by atoms with E-state index >= 15 is 0 Å². The summed E-state index contributed by atoms with van der Waals surface area (Å²) < 4.78 is 32.6. The molecule has 0 saturated carbocycles. The number of hydrogen-bond donors (Lipinski definition) is 2. The fourth-order valence-corrected chi connectivity index (χ4v) is 3.56. The number of methoxy groups -OCH3 is 1. The summed E-state index contributed by atoms with van der Waals surface area (Å²) in [6.45, 7) is 0.309. The van der Waals surface area contributed by atoms with Crippen LogP contribution in [-0.2, 0) is 10.0 Å². The van der Waals surface area contributed by atoms with Crippen LogP contribution < -0.4 is 14.8 Å². The Balaban J connectivity index is 2.21. The molecule has 0 fully saturated rings. The first-order chi connectivity index (χ1) is 11.0. The zero-order chi connectivity index (χ0) is 16.9. The van der Waals surface area contributed by atoms with Gasteiger partial charge in [0.2, 0.25) is 10.0 Å². The lowest BCUT2D eigenvalue weighted by Gasteiger charge is -2.14. The predicted molar refractivity (Wildman–Crippen MR) is 88.1 cm³/mol. The number of sulfonamides is 1.